The Hall–Kier alpha value is -1.09. The molecule has 2 bridgehead atoms. The van der Waals surface area contributed by atoms with E-state index in [-0.39, 0.29) is 5.82 Å². The molecule has 0 saturated heterocycles. The van der Waals surface area contributed by atoms with Crippen LogP contribution in [-0.2, 0) is 6.54 Å². The van der Waals surface area contributed by atoms with Crippen LogP contribution >= 0.6 is 0 Å². The van der Waals surface area contributed by atoms with Gasteiger partial charge >= 0.3 is 0 Å². The Morgan fingerprint density at radius 3 is 2.76 bits per heavy atom. The molecule has 2 nitrogen and oxygen atoms in total. The van der Waals surface area contributed by atoms with Gasteiger partial charge in [-0.1, -0.05) is 20.3 Å². The summed E-state index contributed by atoms with van der Waals surface area (Å²) in [5, 5.41) is 3.31. The third-order valence-electron chi connectivity index (χ3n) is 4.99. The Kier molecular flexibility index (Phi) is 4.48. The van der Waals surface area contributed by atoms with Gasteiger partial charge in [0.2, 0.25) is 0 Å². The van der Waals surface area contributed by atoms with Crippen LogP contribution in [0.15, 0.2) is 18.2 Å². The van der Waals surface area contributed by atoms with E-state index in [1.165, 1.54) is 31.7 Å². The Morgan fingerprint density at radius 1 is 1.24 bits per heavy atom. The predicted molar refractivity (Wildman–Crippen MR) is 82.8 cm³/mol. The van der Waals surface area contributed by atoms with Crippen LogP contribution in [0.25, 0.3) is 0 Å². The van der Waals surface area contributed by atoms with E-state index in [1.54, 1.807) is 6.07 Å². The first-order chi connectivity index (χ1) is 10.1. The number of benzene rings is 1. The van der Waals surface area contributed by atoms with E-state index in [1.807, 2.05) is 6.07 Å². The largest absolute Gasteiger partial charge is 0.493 e. The SMILES string of the molecule is CC(C)NCc1cc(F)cc(OCC2CC3CCC2C3)c1. The van der Waals surface area contributed by atoms with Gasteiger partial charge in [-0.15, -0.1) is 0 Å². The van der Waals surface area contributed by atoms with Crippen molar-refractivity contribution in [3.05, 3.63) is 29.6 Å². The van der Waals surface area contributed by atoms with Crippen molar-refractivity contribution < 1.29 is 9.13 Å². The maximum Gasteiger partial charge on any atom is 0.127 e. The van der Waals surface area contributed by atoms with Gasteiger partial charge in [0, 0.05) is 18.7 Å². The summed E-state index contributed by atoms with van der Waals surface area (Å²) >= 11 is 0. The minimum absolute atomic E-state index is 0.207. The quantitative estimate of drug-likeness (QED) is 0.850. The van der Waals surface area contributed by atoms with Gasteiger partial charge in [-0.05, 0) is 54.7 Å². The third kappa shape index (κ3) is 3.76. The Labute approximate surface area is 127 Å². The van der Waals surface area contributed by atoms with E-state index in [4.69, 9.17) is 4.74 Å². The van der Waals surface area contributed by atoms with Crippen molar-refractivity contribution in [1.82, 2.24) is 5.32 Å². The second kappa shape index (κ2) is 6.35. The molecule has 21 heavy (non-hydrogen) atoms. The van der Waals surface area contributed by atoms with Crippen LogP contribution < -0.4 is 10.1 Å². The Morgan fingerprint density at radius 2 is 2.10 bits per heavy atom. The Bertz CT molecular complexity index is 488. The lowest BCUT2D eigenvalue weighted by molar-refractivity contribution is 0.194. The summed E-state index contributed by atoms with van der Waals surface area (Å²) in [7, 11) is 0. The minimum Gasteiger partial charge on any atom is -0.493 e. The summed E-state index contributed by atoms with van der Waals surface area (Å²) in [6.45, 7) is 5.61. The van der Waals surface area contributed by atoms with Crippen LogP contribution in [0.3, 0.4) is 0 Å². The molecular weight excluding hydrogens is 265 g/mol. The predicted octanol–water partition coefficient (Wildman–Crippen LogP) is 4.14. The first-order valence-corrected chi connectivity index (χ1v) is 8.26. The van der Waals surface area contributed by atoms with Gasteiger partial charge < -0.3 is 10.1 Å². The van der Waals surface area contributed by atoms with Crippen LogP contribution in [-0.4, -0.2) is 12.6 Å². The van der Waals surface area contributed by atoms with Crippen LogP contribution in [0.2, 0.25) is 0 Å². The van der Waals surface area contributed by atoms with E-state index in [9.17, 15) is 4.39 Å². The summed E-state index contributed by atoms with van der Waals surface area (Å²) in [6, 6.07) is 5.45. The summed E-state index contributed by atoms with van der Waals surface area (Å²) in [4.78, 5) is 0. The number of hydrogen-bond donors (Lipinski definition) is 1. The van der Waals surface area contributed by atoms with Crippen molar-refractivity contribution >= 4 is 0 Å². The molecule has 1 aromatic carbocycles. The number of rotatable bonds is 6. The number of ether oxygens (including phenoxy) is 1. The average Bonchev–Trinajstić information content (AvgIpc) is 3.05. The monoisotopic (exact) mass is 291 g/mol. The molecule has 1 aromatic rings. The first-order valence-electron chi connectivity index (χ1n) is 8.26. The minimum atomic E-state index is -0.207. The number of halogens is 1. The lowest BCUT2D eigenvalue weighted by Gasteiger charge is -2.22. The van der Waals surface area contributed by atoms with Crippen molar-refractivity contribution in [2.24, 2.45) is 17.8 Å². The van der Waals surface area contributed by atoms with Crippen LogP contribution in [0.1, 0.15) is 45.1 Å². The van der Waals surface area contributed by atoms with Gasteiger partial charge in [0.25, 0.3) is 0 Å². The van der Waals surface area contributed by atoms with Crippen molar-refractivity contribution in [1.29, 1.82) is 0 Å². The maximum atomic E-state index is 13.7. The highest BCUT2D eigenvalue weighted by molar-refractivity contribution is 5.29. The van der Waals surface area contributed by atoms with E-state index in [0.717, 1.165) is 24.0 Å². The van der Waals surface area contributed by atoms with Crippen molar-refractivity contribution in [2.75, 3.05) is 6.61 Å². The molecule has 2 aliphatic carbocycles. The molecule has 116 valence electrons. The molecule has 2 fully saturated rings. The number of nitrogens with one attached hydrogen (secondary N) is 1. The van der Waals surface area contributed by atoms with Gasteiger partial charge in [-0.2, -0.15) is 0 Å². The van der Waals surface area contributed by atoms with E-state index in [0.29, 0.717) is 24.3 Å². The normalized spacial score (nSPS) is 27.5. The lowest BCUT2D eigenvalue weighted by Crippen LogP contribution is -2.22. The second-order valence-electron chi connectivity index (χ2n) is 7.08. The molecule has 0 aliphatic heterocycles. The third-order valence-corrected chi connectivity index (χ3v) is 4.99. The molecule has 3 rings (SSSR count). The zero-order valence-corrected chi connectivity index (χ0v) is 13.1. The first kappa shape index (κ1) is 14.8. The highest BCUT2D eigenvalue weighted by Gasteiger charge is 2.39. The molecule has 3 unspecified atom stereocenters. The molecule has 1 N–H and O–H groups in total. The highest BCUT2D eigenvalue weighted by Crippen LogP contribution is 2.48. The second-order valence-corrected chi connectivity index (χ2v) is 7.08. The number of fused-ring (bicyclic) bond motifs is 2. The molecule has 0 heterocycles. The van der Waals surface area contributed by atoms with E-state index in [2.05, 4.69) is 19.2 Å². The molecule has 3 atom stereocenters. The molecule has 3 heteroatoms. The van der Waals surface area contributed by atoms with Crippen molar-refractivity contribution in [3.8, 4) is 5.75 Å². The standard InChI is InChI=1S/C18H26FNO/c1-12(2)20-10-14-7-17(19)9-18(8-14)21-11-16-6-13-3-4-15(16)5-13/h7-9,12-13,15-16,20H,3-6,10-11H2,1-2H3. The maximum absolute atomic E-state index is 13.7. The molecular formula is C18H26FNO. The van der Waals surface area contributed by atoms with E-state index >= 15 is 0 Å². The van der Waals surface area contributed by atoms with Gasteiger partial charge in [-0.25, -0.2) is 4.39 Å². The van der Waals surface area contributed by atoms with Gasteiger partial charge in [0.15, 0.2) is 0 Å². The molecule has 0 amide bonds. The van der Waals surface area contributed by atoms with Crippen LogP contribution in [0.5, 0.6) is 5.75 Å². The Balaban J connectivity index is 1.57. The van der Waals surface area contributed by atoms with Crippen LogP contribution in [0, 0.1) is 23.6 Å². The number of hydrogen-bond acceptors (Lipinski definition) is 2. The summed E-state index contributed by atoms with van der Waals surface area (Å²) < 4.78 is 19.6. The van der Waals surface area contributed by atoms with Gasteiger partial charge in [0.05, 0.1) is 6.61 Å². The van der Waals surface area contributed by atoms with Crippen molar-refractivity contribution in [2.45, 2.75) is 52.1 Å². The van der Waals surface area contributed by atoms with Gasteiger partial charge in [-0.3, -0.25) is 0 Å². The van der Waals surface area contributed by atoms with Crippen LogP contribution in [0.4, 0.5) is 4.39 Å². The smallest absolute Gasteiger partial charge is 0.127 e. The summed E-state index contributed by atoms with van der Waals surface area (Å²) in [6.07, 6.45) is 5.47. The zero-order chi connectivity index (χ0) is 14.8. The van der Waals surface area contributed by atoms with Crippen molar-refractivity contribution in [3.63, 3.8) is 0 Å². The average molecular weight is 291 g/mol. The molecule has 0 aromatic heterocycles. The molecule has 0 radical (unpaired) electrons. The lowest BCUT2D eigenvalue weighted by atomic mass is 9.89. The molecule has 2 aliphatic rings. The zero-order valence-electron chi connectivity index (χ0n) is 13.1. The fourth-order valence-electron chi connectivity index (χ4n) is 3.91. The fraction of sp³-hybridized carbons (Fsp3) is 0.667. The molecule has 0 spiro atoms. The van der Waals surface area contributed by atoms with E-state index < -0.39 is 0 Å². The summed E-state index contributed by atoms with van der Waals surface area (Å²) in [5.74, 6) is 2.94. The van der Waals surface area contributed by atoms with Gasteiger partial charge in [0.1, 0.15) is 11.6 Å². The fourth-order valence-corrected chi connectivity index (χ4v) is 3.91. The summed E-state index contributed by atoms with van der Waals surface area (Å²) in [5.41, 5.74) is 0.951. The topological polar surface area (TPSA) is 21.3 Å². The molecule has 2 saturated carbocycles. The highest BCUT2D eigenvalue weighted by atomic mass is 19.1.